The van der Waals surface area contributed by atoms with Crippen molar-refractivity contribution in [2.45, 2.75) is 39.5 Å². The molecule has 0 radical (unpaired) electrons. The van der Waals surface area contributed by atoms with Gasteiger partial charge >= 0.3 is 5.97 Å². The summed E-state index contributed by atoms with van der Waals surface area (Å²) in [6.07, 6.45) is 5.40. The van der Waals surface area contributed by atoms with Crippen LogP contribution in [0.25, 0.3) is 0 Å². The molecule has 1 aromatic carbocycles. The monoisotopic (exact) mass is 299 g/mol. The van der Waals surface area contributed by atoms with Crippen molar-refractivity contribution in [2.75, 3.05) is 18.5 Å². The number of rotatable bonds is 7. The van der Waals surface area contributed by atoms with Gasteiger partial charge < -0.3 is 10.1 Å². The summed E-state index contributed by atoms with van der Waals surface area (Å²) in [5.74, 6) is 6.58. The van der Waals surface area contributed by atoms with E-state index in [1.165, 1.54) is 25.7 Å². The second-order valence-electron chi connectivity index (χ2n) is 5.83. The highest BCUT2D eigenvalue weighted by Gasteiger charge is 2.35. The zero-order valence-electron chi connectivity index (χ0n) is 13.5. The van der Waals surface area contributed by atoms with Gasteiger partial charge in [0, 0.05) is 23.7 Å². The van der Waals surface area contributed by atoms with Crippen LogP contribution in [0.15, 0.2) is 24.3 Å². The number of ether oxygens (including phenoxy) is 1. The van der Waals surface area contributed by atoms with Gasteiger partial charge in [0.15, 0.2) is 0 Å². The SMILES string of the molecule is CCCCC1CC1CNc1ccc(C#CC(=O)OCC)cc1. The fourth-order valence-electron chi connectivity index (χ4n) is 2.59. The summed E-state index contributed by atoms with van der Waals surface area (Å²) in [5, 5.41) is 3.49. The lowest BCUT2D eigenvalue weighted by atomic mass is 10.1. The Bertz CT molecular complexity index is 539. The van der Waals surface area contributed by atoms with Crippen LogP contribution >= 0.6 is 0 Å². The van der Waals surface area contributed by atoms with Crippen LogP contribution in [0.4, 0.5) is 5.69 Å². The van der Waals surface area contributed by atoms with Gasteiger partial charge in [0.2, 0.25) is 0 Å². The first kappa shape index (κ1) is 16.4. The van der Waals surface area contributed by atoms with Crippen LogP contribution in [-0.4, -0.2) is 19.1 Å². The minimum absolute atomic E-state index is 0.358. The molecule has 2 unspecified atom stereocenters. The van der Waals surface area contributed by atoms with E-state index in [2.05, 4.69) is 24.1 Å². The summed E-state index contributed by atoms with van der Waals surface area (Å²) in [5.41, 5.74) is 1.94. The Kier molecular flexibility index (Phi) is 6.33. The number of esters is 1. The molecule has 0 amide bonds. The summed E-state index contributed by atoms with van der Waals surface area (Å²) in [6.45, 7) is 5.44. The third-order valence-corrected chi connectivity index (χ3v) is 4.04. The van der Waals surface area contributed by atoms with Gasteiger partial charge in [-0.1, -0.05) is 32.1 Å². The topological polar surface area (TPSA) is 38.3 Å². The van der Waals surface area contributed by atoms with E-state index in [4.69, 9.17) is 4.74 Å². The lowest BCUT2D eigenvalue weighted by molar-refractivity contribution is -0.136. The number of benzene rings is 1. The average Bonchev–Trinajstić information content (AvgIpc) is 3.29. The maximum atomic E-state index is 11.2. The predicted octanol–water partition coefficient (Wildman–Crippen LogP) is 3.84. The van der Waals surface area contributed by atoms with Gasteiger partial charge in [0.05, 0.1) is 6.61 Å². The summed E-state index contributed by atoms with van der Waals surface area (Å²) in [7, 11) is 0. The molecule has 1 saturated carbocycles. The zero-order chi connectivity index (χ0) is 15.8. The van der Waals surface area contributed by atoms with Crippen LogP contribution < -0.4 is 5.32 Å². The third-order valence-electron chi connectivity index (χ3n) is 4.04. The summed E-state index contributed by atoms with van der Waals surface area (Å²) in [4.78, 5) is 11.2. The van der Waals surface area contributed by atoms with Crippen LogP contribution in [-0.2, 0) is 9.53 Å². The van der Waals surface area contributed by atoms with Crippen LogP contribution in [0.3, 0.4) is 0 Å². The molecule has 3 nitrogen and oxygen atoms in total. The smallest absolute Gasteiger partial charge is 0.384 e. The fourth-order valence-corrected chi connectivity index (χ4v) is 2.59. The normalized spacial score (nSPS) is 19.0. The summed E-state index contributed by atoms with van der Waals surface area (Å²) < 4.78 is 4.77. The molecule has 2 rings (SSSR count). The van der Waals surface area contributed by atoms with Crippen LogP contribution in [0.5, 0.6) is 0 Å². The second-order valence-corrected chi connectivity index (χ2v) is 5.83. The molecule has 22 heavy (non-hydrogen) atoms. The number of carbonyl (C=O) groups excluding carboxylic acids is 1. The minimum atomic E-state index is -0.475. The van der Waals surface area contributed by atoms with Gasteiger partial charge in [0.1, 0.15) is 0 Å². The molecular weight excluding hydrogens is 274 g/mol. The first-order valence-corrected chi connectivity index (χ1v) is 8.25. The second kappa shape index (κ2) is 8.48. The summed E-state index contributed by atoms with van der Waals surface area (Å²) in [6, 6.07) is 7.88. The number of anilines is 1. The Labute approximate surface area is 133 Å². The minimum Gasteiger partial charge on any atom is -0.456 e. The molecule has 0 heterocycles. The molecule has 0 aliphatic heterocycles. The van der Waals surface area contributed by atoms with Crippen LogP contribution in [0.2, 0.25) is 0 Å². The fraction of sp³-hybridized carbons (Fsp3) is 0.526. The lowest BCUT2D eigenvalue weighted by Crippen LogP contribution is -2.04. The van der Waals surface area contributed by atoms with Crippen molar-refractivity contribution in [3.05, 3.63) is 29.8 Å². The molecule has 1 fully saturated rings. The van der Waals surface area contributed by atoms with Crippen molar-refractivity contribution >= 4 is 11.7 Å². The molecule has 118 valence electrons. The van der Waals surface area contributed by atoms with Crippen molar-refractivity contribution in [3.63, 3.8) is 0 Å². The Balaban J connectivity index is 1.74. The maximum Gasteiger partial charge on any atom is 0.384 e. The predicted molar refractivity (Wildman–Crippen MR) is 89.6 cm³/mol. The highest BCUT2D eigenvalue weighted by atomic mass is 16.5. The maximum absolute atomic E-state index is 11.2. The highest BCUT2D eigenvalue weighted by Crippen LogP contribution is 2.42. The van der Waals surface area contributed by atoms with E-state index in [1.54, 1.807) is 6.92 Å². The molecular formula is C19H25NO2. The number of unbranched alkanes of at least 4 members (excludes halogenated alkanes) is 1. The van der Waals surface area contributed by atoms with Crippen molar-refractivity contribution < 1.29 is 9.53 Å². The molecule has 1 aliphatic carbocycles. The average molecular weight is 299 g/mol. The molecule has 3 heteroatoms. The number of hydrogen-bond donors (Lipinski definition) is 1. The van der Waals surface area contributed by atoms with Crippen molar-refractivity contribution in [3.8, 4) is 11.8 Å². The van der Waals surface area contributed by atoms with Gasteiger partial charge in [0.25, 0.3) is 0 Å². The van der Waals surface area contributed by atoms with E-state index in [1.807, 2.05) is 24.3 Å². The zero-order valence-corrected chi connectivity index (χ0v) is 13.5. The molecule has 2 atom stereocenters. The largest absolute Gasteiger partial charge is 0.456 e. The van der Waals surface area contributed by atoms with Gasteiger partial charge in [-0.2, -0.15) is 0 Å². The van der Waals surface area contributed by atoms with Crippen LogP contribution in [0.1, 0.15) is 45.1 Å². The number of hydrogen-bond acceptors (Lipinski definition) is 3. The molecule has 1 N–H and O–H groups in total. The van der Waals surface area contributed by atoms with E-state index in [9.17, 15) is 4.79 Å². The van der Waals surface area contributed by atoms with Crippen molar-refractivity contribution in [1.82, 2.24) is 0 Å². The molecule has 0 bridgehead atoms. The number of nitrogens with one attached hydrogen (secondary N) is 1. The third kappa shape index (κ3) is 5.44. The van der Waals surface area contributed by atoms with E-state index in [0.29, 0.717) is 6.61 Å². The van der Waals surface area contributed by atoms with Crippen LogP contribution in [0, 0.1) is 23.7 Å². The molecule has 1 aromatic rings. The standard InChI is InChI=1S/C19H25NO2/c1-3-5-6-16-13-17(16)14-20-18-10-7-15(8-11-18)9-12-19(21)22-4-2/h7-8,10-11,16-17,20H,3-6,13-14H2,1-2H3. The number of carbonyl (C=O) groups is 1. The Morgan fingerprint density at radius 1 is 1.27 bits per heavy atom. The Morgan fingerprint density at radius 2 is 2.05 bits per heavy atom. The van der Waals surface area contributed by atoms with Gasteiger partial charge in [-0.05, 0) is 49.4 Å². The molecule has 0 saturated heterocycles. The first-order valence-electron chi connectivity index (χ1n) is 8.25. The van der Waals surface area contributed by atoms with E-state index < -0.39 is 5.97 Å². The van der Waals surface area contributed by atoms with E-state index >= 15 is 0 Å². The van der Waals surface area contributed by atoms with E-state index in [0.717, 1.165) is 29.6 Å². The Morgan fingerprint density at radius 3 is 2.73 bits per heavy atom. The van der Waals surface area contributed by atoms with Crippen molar-refractivity contribution in [2.24, 2.45) is 11.8 Å². The highest BCUT2D eigenvalue weighted by molar-refractivity contribution is 5.89. The van der Waals surface area contributed by atoms with Crippen molar-refractivity contribution in [1.29, 1.82) is 0 Å². The first-order chi connectivity index (χ1) is 10.7. The molecule has 0 spiro atoms. The quantitative estimate of drug-likeness (QED) is 0.614. The molecule has 0 aromatic heterocycles. The molecule has 1 aliphatic rings. The van der Waals surface area contributed by atoms with Gasteiger partial charge in [-0.25, -0.2) is 4.79 Å². The van der Waals surface area contributed by atoms with E-state index in [-0.39, 0.29) is 0 Å². The van der Waals surface area contributed by atoms with Gasteiger partial charge in [-0.15, -0.1) is 0 Å². The summed E-state index contributed by atoms with van der Waals surface area (Å²) >= 11 is 0. The van der Waals surface area contributed by atoms with Gasteiger partial charge in [-0.3, -0.25) is 0 Å². The Hall–Kier alpha value is -1.95. The lowest BCUT2D eigenvalue weighted by Gasteiger charge is -2.06.